The molecular weight excluding hydrogens is 140 g/mol. The second-order valence-electron chi connectivity index (χ2n) is 2.43. The van der Waals surface area contributed by atoms with Gasteiger partial charge < -0.3 is 4.74 Å². The second kappa shape index (κ2) is 2.90. The van der Waals surface area contributed by atoms with Gasteiger partial charge in [0.15, 0.2) is 6.73 Å². The third kappa shape index (κ3) is 1.34. The molecule has 0 radical (unpaired) electrons. The molecule has 0 spiro atoms. The molecule has 3 heteroatoms. The van der Waals surface area contributed by atoms with Gasteiger partial charge in [0.25, 0.3) is 0 Å². The topological polar surface area (TPSA) is 33.3 Å². The molecule has 1 aromatic rings. The predicted octanol–water partition coefficient (Wildman–Crippen LogP) is 0.631. The zero-order chi connectivity index (χ0) is 7.52. The van der Waals surface area contributed by atoms with Gasteiger partial charge in [-0.05, 0) is 6.07 Å². The molecular formula is C8H10N2O. The van der Waals surface area contributed by atoms with Gasteiger partial charge in [-0.2, -0.15) is 0 Å². The maximum atomic E-state index is 5.37. The van der Waals surface area contributed by atoms with Crippen molar-refractivity contribution in [3.8, 4) is 5.75 Å². The SMILES string of the molecule is c1ccc2c(c1)CNNCO2. The quantitative estimate of drug-likeness (QED) is 0.569. The first-order valence-corrected chi connectivity index (χ1v) is 3.63. The monoisotopic (exact) mass is 150 g/mol. The van der Waals surface area contributed by atoms with Crippen LogP contribution in [-0.4, -0.2) is 6.73 Å². The van der Waals surface area contributed by atoms with E-state index < -0.39 is 0 Å². The highest BCUT2D eigenvalue weighted by Crippen LogP contribution is 2.17. The molecule has 0 aromatic heterocycles. The van der Waals surface area contributed by atoms with Crippen LogP contribution in [0.25, 0.3) is 0 Å². The van der Waals surface area contributed by atoms with Crippen molar-refractivity contribution in [3.05, 3.63) is 29.8 Å². The Kier molecular flexibility index (Phi) is 1.75. The van der Waals surface area contributed by atoms with Crippen LogP contribution < -0.4 is 15.6 Å². The first kappa shape index (κ1) is 6.64. The number of fused-ring (bicyclic) bond motifs is 1. The predicted molar refractivity (Wildman–Crippen MR) is 41.9 cm³/mol. The largest absolute Gasteiger partial charge is 0.477 e. The fourth-order valence-corrected chi connectivity index (χ4v) is 1.11. The fourth-order valence-electron chi connectivity index (χ4n) is 1.11. The minimum Gasteiger partial charge on any atom is -0.477 e. The highest BCUT2D eigenvalue weighted by Gasteiger charge is 2.04. The van der Waals surface area contributed by atoms with Crippen molar-refractivity contribution < 1.29 is 4.74 Å². The Morgan fingerprint density at radius 1 is 1.18 bits per heavy atom. The van der Waals surface area contributed by atoms with Crippen molar-refractivity contribution in [1.82, 2.24) is 10.9 Å². The minimum atomic E-state index is 0.525. The molecule has 58 valence electrons. The van der Waals surface area contributed by atoms with Gasteiger partial charge in [-0.1, -0.05) is 18.2 Å². The lowest BCUT2D eigenvalue weighted by Gasteiger charge is -2.03. The number of hydrogen-bond acceptors (Lipinski definition) is 3. The van der Waals surface area contributed by atoms with Gasteiger partial charge in [0.1, 0.15) is 5.75 Å². The van der Waals surface area contributed by atoms with Crippen LogP contribution >= 0.6 is 0 Å². The van der Waals surface area contributed by atoms with Crippen LogP contribution in [0, 0.1) is 0 Å². The highest BCUT2D eigenvalue weighted by atomic mass is 16.5. The summed E-state index contributed by atoms with van der Waals surface area (Å²) < 4.78 is 5.37. The Labute approximate surface area is 65.3 Å². The van der Waals surface area contributed by atoms with E-state index in [0.717, 1.165) is 12.3 Å². The van der Waals surface area contributed by atoms with E-state index in [4.69, 9.17) is 4.74 Å². The van der Waals surface area contributed by atoms with Crippen molar-refractivity contribution in [2.24, 2.45) is 0 Å². The molecule has 1 aliphatic rings. The van der Waals surface area contributed by atoms with Crippen LogP contribution in [-0.2, 0) is 6.54 Å². The molecule has 0 fully saturated rings. The van der Waals surface area contributed by atoms with E-state index in [0.29, 0.717) is 6.73 Å². The van der Waals surface area contributed by atoms with E-state index in [9.17, 15) is 0 Å². The van der Waals surface area contributed by atoms with E-state index >= 15 is 0 Å². The second-order valence-corrected chi connectivity index (χ2v) is 2.43. The van der Waals surface area contributed by atoms with Crippen LogP contribution in [0.15, 0.2) is 24.3 Å². The summed E-state index contributed by atoms with van der Waals surface area (Å²) in [5.41, 5.74) is 7.14. The Bertz CT molecular complexity index is 225. The Morgan fingerprint density at radius 2 is 2.09 bits per heavy atom. The van der Waals surface area contributed by atoms with Crippen LogP contribution in [0.5, 0.6) is 5.75 Å². The summed E-state index contributed by atoms with van der Waals surface area (Å²) in [5.74, 6) is 0.963. The molecule has 0 bridgehead atoms. The van der Waals surface area contributed by atoms with Gasteiger partial charge in [0.2, 0.25) is 0 Å². The smallest absolute Gasteiger partial charge is 0.151 e. The number of benzene rings is 1. The number of para-hydroxylation sites is 1. The Hall–Kier alpha value is -1.06. The standard InChI is InChI=1S/C8H10N2O/c1-2-4-8-7(3-1)5-9-10-6-11-8/h1-4,9-10H,5-6H2. The molecule has 0 atom stereocenters. The molecule has 3 nitrogen and oxygen atoms in total. The zero-order valence-electron chi connectivity index (χ0n) is 6.13. The fraction of sp³-hybridized carbons (Fsp3) is 0.250. The Morgan fingerprint density at radius 3 is 3.09 bits per heavy atom. The van der Waals surface area contributed by atoms with Crippen molar-refractivity contribution >= 4 is 0 Å². The molecule has 11 heavy (non-hydrogen) atoms. The summed E-state index contributed by atoms with van der Waals surface area (Å²) in [5, 5.41) is 0. The lowest BCUT2D eigenvalue weighted by molar-refractivity contribution is 0.274. The maximum Gasteiger partial charge on any atom is 0.151 e. The van der Waals surface area contributed by atoms with Gasteiger partial charge in [-0.25, -0.2) is 5.43 Å². The van der Waals surface area contributed by atoms with Crippen LogP contribution in [0.2, 0.25) is 0 Å². The molecule has 0 saturated heterocycles. The molecule has 2 N–H and O–H groups in total. The van der Waals surface area contributed by atoms with Crippen LogP contribution in [0.3, 0.4) is 0 Å². The third-order valence-corrected chi connectivity index (χ3v) is 1.68. The summed E-state index contributed by atoms with van der Waals surface area (Å²) in [7, 11) is 0. The van der Waals surface area contributed by atoms with Crippen molar-refractivity contribution in [2.45, 2.75) is 6.54 Å². The summed E-state index contributed by atoms with van der Waals surface area (Å²) >= 11 is 0. The summed E-state index contributed by atoms with van der Waals surface area (Å²) in [6, 6.07) is 8.01. The molecule has 0 unspecified atom stereocenters. The number of ether oxygens (including phenoxy) is 1. The van der Waals surface area contributed by atoms with E-state index in [1.807, 2.05) is 18.2 Å². The summed E-state index contributed by atoms with van der Waals surface area (Å²) in [6.07, 6.45) is 0. The van der Waals surface area contributed by atoms with E-state index in [1.54, 1.807) is 0 Å². The first-order valence-electron chi connectivity index (χ1n) is 3.63. The molecule has 1 aromatic carbocycles. The molecule has 1 aliphatic heterocycles. The average Bonchev–Trinajstić information content (AvgIpc) is 2.28. The van der Waals surface area contributed by atoms with Gasteiger partial charge in [-0.3, -0.25) is 5.43 Å². The van der Waals surface area contributed by atoms with Gasteiger partial charge in [0.05, 0.1) is 0 Å². The maximum absolute atomic E-state index is 5.37. The average molecular weight is 150 g/mol. The van der Waals surface area contributed by atoms with Crippen molar-refractivity contribution in [1.29, 1.82) is 0 Å². The third-order valence-electron chi connectivity index (χ3n) is 1.68. The summed E-state index contributed by atoms with van der Waals surface area (Å²) in [4.78, 5) is 0. The number of hydrogen-bond donors (Lipinski definition) is 2. The van der Waals surface area contributed by atoms with Gasteiger partial charge >= 0.3 is 0 Å². The van der Waals surface area contributed by atoms with Crippen LogP contribution in [0.4, 0.5) is 0 Å². The number of hydrazine groups is 1. The lowest BCUT2D eigenvalue weighted by Crippen LogP contribution is -2.31. The molecule has 2 rings (SSSR count). The zero-order valence-corrected chi connectivity index (χ0v) is 6.13. The molecule has 0 aliphatic carbocycles. The Balaban J connectivity index is 2.33. The highest BCUT2D eigenvalue weighted by molar-refractivity contribution is 5.33. The van der Waals surface area contributed by atoms with E-state index in [2.05, 4.69) is 16.9 Å². The molecule has 0 saturated carbocycles. The van der Waals surface area contributed by atoms with Crippen molar-refractivity contribution in [3.63, 3.8) is 0 Å². The first-order chi connectivity index (χ1) is 5.47. The summed E-state index contributed by atoms with van der Waals surface area (Å²) in [6.45, 7) is 1.34. The number of nitrogens with one attached hydrogen (secondary N) is 2. The van der Waals surface area contributed by atoms with Crippen molar-refractivity contribution in [2.75, 3.05) is 6.73 Å². The number of rotatable bonds is 0. The minimum absolute atomic E-state index is 0.525. The normalized spacial score (nSPS) is 16.4. The van der Waals surface area contributed by atoms with Crippen LogP contribution in [0.1, 0.15) is 5.56 Å². The molecule has 0 amide bonds. The lowest BCUT2D eigenvalue weighted by atomic mass is 10.2. The molecule has 1 heterocycles. The van der Waals surface area contributed by atoms with E-state index in [-0.39, 0.29) is 0 Å². The van der Waals surface area contributed by atoms with E-state index in [1.165, 1.54) is 5.56 Å². The van der Waals surface area contributed by atoms with Gasteiger partial charge in [-0.15, -0.1) is 0 Å². The van der Waals surface area contributed by atoms with Gasteiger partial charge in [0, 0.05) is 12.1 Å².